The van der Waals surface area contributed by atoms with Crippen molar-refractivity contribution in [2.24, 2.45) is 0 Å². The van der Waals surface area contributed by atoms with E-state index in [0.717, 1.165) is 5.56 Å². The number of hydrogen-bond acceptors (Lipinski definition) is 3. The second-order valence-corrected chi connectivity index (χ2v) is 5.43. The van der Waals surface area contributed by atoms with Crippen LogP contribution in [0.1, 0.15) is 25.8 Å². The van der Waals surface area contributed by atoms with Crippen molar-refractivity contribution in [1.82, 2.24) is 5.32 Å². The van der Waals surface area contributed by atoms with E-state index >= 15 is 0 Å². The highest BCUT2D eigenvalue weighted by atomic mass is 16.5. The molecule has 6 heteroatoms. The average Bonchev–Trinajstić information content (AvgIpc) is 2.35. The van der Waals surface area contributed by atoms with Gasteiger partial charge in [0.2, 0.25) is 0 Å². The van der Waals surface area contributed by atoms with Crippen LogP contribution in [0, 0.1) is 0 Å². The van der Waals surface area contributed by atoms with Gasteiger partial charge in [-0.25, -0.2) is 4.79 Å². The summed E-state index contributed by atoms with van der Waals surface area (Å²) in [7, 11) is 1.62. The monoisotopic (exact) mass is 294 g/mol. The van der Waals surface area contributed by atoms with Crippen LogP contribution < -0.4 is 10.6 Å². The smallest absolute Gasteiger partial charge is 0.319 e. The maximum absolute atomic E-state index is 12.0. The fourth-order valence-electron chi connectivity index (χ4n) is 1.96. The molecule has 2 amide bonds. The van der Waals surface area contributed by atoms with Crippen LogP contribution in [0.4, 0.5) is 10.5 Å². The first-order valence-electron chi connectivity index (χ1n) is 6.72. The first-order valence-corrected chi connectivity index (χ1v) is 6.72. The van der Waals surface area contributed by atoms with E-state index in [-0.39, 0.29) is 6.42 Å². The molecular formula is C15H22N2O4. The van der Waals surface area contributed by atoms with Gasteiger partial charge in [-0.15, -0.1) is 0 Å². The summed E-state index contributed by atoms with van der Waals surface area (Å²) in [6.07, 6.45) is 0.539. The molecule has 0 saturated carbocycles. The van der Waals surface area contributed by atoms with E-state index in [1.807, 2.05) is 18.2 Å². The first kappa shape index (κ1) is 17.0. The van der Waals surface area contributed by atoms with Crippen LogP contribution in [-0.2, 0) is 16.0 Å². The van der Waals surface area contributed by atoms with Gasteiger partial charge in [-0.1, -0.05) is 18.2 Å². The minimum absolute atomic E-state index is 0.147. The minimum atomic E-state index is -0.958. The fraction of sp³-hybridized carbons (Fsp3) is 0.467. The zero-order valence-electron chi connectivity index (χ0n) is 12.6. The lowest BCUT2D eigenvalue weighted by atomic mass is 10.0. The number of methoxy groups -OCH3 is 1. The number of amides is 2. The van der Waals surface area contributed by atoms with Crippen LogP contribution in [0.25, 0.3) is 0 Å². The molecule has 1 rings (SSSR count). The molecule has 0 aliphatic rings. The second-order valence-electron chi connectivity index (χ2n) is 5.43. The van der Waals surface area contributed by atoms with Crippen molar-refractivity contribution in [2.75, 3.05) is 19.0 Å². The number of urea groups is 1. The molecule has 0 bridgehead atoms. The van der Waals surface area contributed by atoms with E-state index in [1.165, 1.54) is 0 Å². The number of hydrogen-bond donors (Lipinski definition) is 3. The van der Waals surface area contributed by atoms with Gasteiger partial charge in [0.05, 0.1) is 13.0 Å². The van der Waals surface area contributed by atoms with Crippen LogP contribution in [-0.4, -0.2) is 36.4 Å². The SMILES string of the molecule is COCCc1ccccc1NC(=O)NC(C)(C)CC(=O)O. The first-order chi connectivity index (χ1) is 9.84. The molecule has 1 aromatic rings. The van der Waals surface area contributed by atoms with Gasteiger partial charge in [0.1, 0.15) is 0 Å². The van der Waals surface area contributed by atoms with E-state index in [9.17, 15) is 9.59 Å². The number of rotatable bonds is 7. The third kappa shape index (κ3) is 6.27. The lowest BCUT2D eigenvalue weighted by Gasteiger charge is -2.24. The van der Waals surface area contributed by atoms with E-state index in [0.29, 0.717) is 18.7 Å². The van der Waals surface area contributed by atoms with Gasteiger partial charge in [-0.05, 0) is 31.9 Å². The van der Waals surface area contributed by atoms with E-state index in [4.69, 9.17) is 9.84 Å². The summed E-state index contributed by atoms with van der Waals surface area (Å²) in [6.45, 7) is 3.89. The third-order valence-corrected chi connectivity index (χ3v) is 2.89. The van der Waals surface area contributed by atoms with E-state index in [2.05, 4.69) is 10.6 Å². The number of para-hydroxylation sites is 1. The number of ether oxygens (including phenoxy) is 1. The largest absolute Gasteiger partial charge is 0.481 e. The highest BCUT2D eigenvalue weighted by molar-refractivity contribution is 5.90. The minimum Gasteiger partial charge on any atom is -0.481 e. The molecule has 0 heterocycles. The molecule has 0 atom stereocenters. The zero-order valence-corrected chi connectivity index (χ0v) is 12.6. The normalized spacial score (nSPS) is 11.0. The Morgan fingerprint density at radius 2 is 1.95 bits per heavy atom. The quantitative estimate of drug-likeness (QED) is 0.719. The number of carbonyl (C=O) groups excluding carboxylic acids is 1. The Morgan fingerprint density at radius 1 is 1.29 bits per heavy atom. The topological polar surface area (TPSA) is 87.7 Å². The average molecular weight is 294 g/mol. The molecule has 1 aromatic carbocycles. The molecule has 6 nitrogen and oxygen atoms in total. The zero-order chi connectivity index (χ0) is 15.9. The standard InChI is InChI=1S/C15H22N2O4/c1-15(2,10-13(18)19)17-14(20)16-12-7-5-4-6-11(12)8-9-21-3/h4-7H,8-10H2,1-3H3,(H,18,19)(H2,16,17,20). The third-order valence-electron chi connectivity index (χ3n) is 2.89. The summed E-state index contributed by atoms with van der Waals surface area (Å²) in [5.41, 5.74) is 0.834. The number of anilines is 1. The molecule has 0 unspecified atom stereocenters. The van der Waals surface area contributed by atoms with Crippen LogP contribution >= 0.6 is 0 Å². The Hall–Kier alpha value is -2.08. The van der Waals surface area contributed by atoms with Gasteiger partial charge in [-0.3, -0.25) is 4.79 Å². The summed E-state index contributed by atoms with van der Waals surface area (Å²) in [4.78, 5) is 22.7. The molecule has 116 valence electrons. The molecule has 0 aliphatic carbocycles. The van der Waals surface area contributed by atoms with Gasteiger partial charge in [-0.2, -0.15) is 0 Å². The highest BCUT2D eigenvalue weighted by Gasteiger charge is 2.24. The molecule has 0 spiro atoms. The van der Waals surface area contributed by atoms with Crippen LogP contribution in [0.2, 0.25) is 0 Å². The van der Waals surface area contributed by atoms with E-state index in [1.54, 1.807) is 27.0 Å². The van der Waals surface area contributed by atoms with Crippen molar-refractivity contribution < 1.29 is 19.4 Å². The molecule has 0 aliphatic heterocycles. The number of carboxylic acid groups (broad SMARTS) is 1. The van der Waals surface area contributed by atoms with Gasteiger partial charge < -0.3 is 20.5 Å². The Labute approximate surface area is 124 Å². The molecule has 3 N–H and O–H groups in total. The summed E-state index contributed by atoms with van der Waals surface area (Å²) in [5.74, 6) is -0.958. The summed E-state index contributed by atoms with van der Waals surface area (Å²) in [6, 6.07) is 7.01. The van der Waals surface area contributed by atoms with Crippen molar-refractivity contribution in [2.45, 2.75) is 32.2 Å². The number of carbonyl (C=O) groups is 2. The molecule has 0 saturated heterocycles. The van der Waals surface area contributed by atoms with Crippen LogP contribution in [0.3, 0.4) is 0 Å². The van der Waals surface area contributed by atoms with Crippen LogP contribution in [0.15, 0.2) is 24.3 Å². The molecular weight excluding hydrogens is 272 g/mol. The van der Waals surface area contributed by atoms with Crippen molar-refractivity contribution in [3.8, 4) is 0 Å². The summed E-state index contributed by atoms with van der Waals surface area (Å²) >= 11 is 0. The maximum atomic E-state index is 12.0. The molecule has 0 fully saturated rings. The van der Waals surface area contributed by atoms with Crippen molar-refractivity contribution in [1.29, 1.82) is 0 Å². The predicted octanol–water partition coefficient (Wildman–Crippen LogP) is 2.25. The Bertz CT molecular complexity index is 500. The number of benzene rings is 1. The Morgan fingerprint density at radius 3 is 2.57 bits per heavy atom. The Balaban J connectivity index is 2.68. The van der Waals surface area contributed by atoms with Crippen LogP contribution in [0.5, 0.6) is 0 Å². The fourth-order valence-corrected chi connectivity index (χ4v) is 1.96. The lowest BCUT2D eigenvalue weighted by molar-refractivity contribution is -0.138. The molecule has 0 radical (unpaired) electrons. The van der Waals surface area contributed by atoms with Gasteiger partial charge >= 0.3 is 12.0 Å². The number of aliphatic carboxylic acids is 1. The molecule has 21 heavy (non-hydrogen) atoms. The molecule has 0 aromatic heterocycles. The van der Waals surface area contributed by atoms with Crippen molar-refractivity contribution >= 4 is 17.7 Å². The summed E-state index contributed by atoms with van der Waals surface area (Å²) < 4.78 is 5.04. The van der Waals surface area contributed by atoms with E-state index < -0.39 is 17.5 Å². The number of carboxylic acids is 1. The maximum Gasteiger partial charge on any atom is 0.319 e. The Kier molecular flexibility index (Phi) is 6.17. The van der Waals surface area contributed by atoms with Gasteiger partial charge in [0.15, 0.2) is 0 Å². The van der Waals surface area contributed by atoms with Crippen molar-refractivity contribution in [3.05, 3.63) is 29.8 Å². The lowest BCUT2D eigenvalue weighted by Crippen LogP contribution is -2.46. The highest BCUT2D eigenvalue weighted by Crippen LogP contribution is 2.16. The van der Waals surface area contributed by atoms with Gasteiger partial charge in [0.25, 0.3) is 0 Å². The van der Waals surface area contributed by atoms with Gasteiger partial charge in [0, 0.05) is 18.3 Å². The summed E-state index contributed by atoms with van der Waals surface area (Å²) in [5, 5.41) is 14.2. The number of nitrogens with one attached hydrogen (secondary N) is 2. The predicted molar refractivity (Wildman–Crippen MR) is 80.5 cm³/mol. The second kappa shape index (κ2) is 7.64. The van der Waals surface area contributed by atoms with Crippen molar-refractivity contribution in [3.63, 3.8) is 0 Å².